The summed E-state index contributed by atoms with van der Waals surface area (Å²) in [4.78, 5) is 14.8. The van der Waals surface area contributed by atoms with Crippen LogP contribution >= 0.6 is 0 Å². The summed E-state index contributed by atoms with van der Waals surface area (Å²) in [5.41, 5.74) is 0.177. The van der Waals surface area contributed by atoms with Crippen molar-refractivity contribution in [1.82, 2.24) is 9.29 Å². The fourth-order valence-corrected chi connectivity index (χ4v) is 5.17. The van der Waals surface area contributed by atoms with Gasteiger partial charge in [-0.05, 0) is 49.2 Å². The van der Waals surface area contributed by atoms with E-state index in [0.717, 1.165) is 4.31 Å². The number of carboxylic acids is 1. The summed E-state index contributed by atoms with van der Waals surface area (Å²) in [5.74, 6) is -3.46. The standard InChI is InChI=1S/C21H17F3N2O4S/c1-11-6-19(25-18-7-12(21(27)28)2-3-15(11)18)20-16(23)8-14(9-17(20)24)31(29,30)26-5-4-13(22)10-26/h2-3,6-9,13H,4-5,10H2,1H3,(H,27,28)/t13-/m0/s1. The largest absolute Gasteiger partial charge is 0.478 e. The van der Waals surface area contributed by atoms with Crippen LogP contribution in [0.2, 0.25) is 0 Å². The lowest BCUT2D eigenvalue weighted by Gasteiger charge is -2.16. The number of fused-ring (bicyclic) bond motifs is 1. The van der Waals surface area contributed by atoms with Gasteiger partial charge in [-0.3, -0.25) is 0 Å². The van der Waals surface area contributed by atoms with Gasteiger partial charge in [-0.2, -0.15) is 4.31 Å². The van der Waals surface area contributed by atoms with Gasteiger partial charge >= 0.3 is 5.97 Å². The van der Waals surface area contributed by atoms with E-state index in [0.29, 0.717) is 23.1 Å². The van der Waals surface area contributed by atoms with Gasteiger partial charge in [-0.1, -0.05) is 6.07 Å². The van der Waals surface area contributed by atoms with Gasteiger partial charge in [0.15, 0.2) is 0 Å². The van der Waals surface area contributed by atoms with E-state index in [4.69, 9.17) is 5.11 Å². The second-order valence-electron chi connectivity index (χ2n) is 7.37. The molecule has 1 aliphatic rings. The van der Waals surface area contributed by atoms with Gasteiger partial charge < -0.3 is 5.11 Å². The smallest absolute Gasteiger partial charge is 0.335 e. The van der Waals surface area contributed by atoms with Crippen molar-refractivity contribution in [2.24, 2.45) is 0 Å². The number of hydrogen-bond donors (Lipinski definition) is 1. The molecular weight excluding hydrogens is 433 g/mol. The van der Waals surface area contributed by atoms with Crippen molar-refractivity contribution in [3.8, 4) is 11.3 Å². The predicted molar refractivity (Wildman–Crippen MR) is 107 cm³/mol. The van der Waals surface area contributed by atoms with E-state index in [9.17, 15) is 26.4 Å². The number of halogens is 3. The van der Waals surface area contributed by atoms with Crippen LogP contribution in [-0.4, -0.2) is 48.0 Å². The zero-order valence-corrected chi connectivity index (χ0v) is 17.1. The van der Waals surface area contributed by atoms with Gasteiger partial charge in [0.05, 0.1) is 27.2 Å². The number of hydrogen-bond acceptors (Lipinski definition) is 4. The normalized spacial score (nSPS) is 17.4. The molecule has 1 aliphatic heterocycles. The molecule has 10 heteroatoms. The molecule has 0 amide bonds. The molecule has 162 valence electrons. The van der Waals surface area contributed by atoms with Crippen molar-refractivity contribution in [2.45, 2.75) is 24.4 Å². The average molecular weight is 450 g/mol. The van der Waals surface area contributed by atoms with E-state index in [-0.39, 0.29) is 36.3 Å². The minimum atomic E-state index is -4.25. The fourth-order valence-electron chi connectivity index (χ4n) is 3.66. The first-order valence-electron chi connectivity index (χ1n) is 9.36. The van der Waals surface area contributed by atoms with Gasteiger partial charge in [0.2, 0.25) is 10.0 Å². The summed E-state index contributed by atoms with van der Waals surface area (Å²) in [6, 6.07) is 7.07. The van der Waals surface area contributed by atoms with E-state index < -0.39 is 44.3 Å². The number of aromatic carboxylic acids is 1. The Labute approximate surface area is 176 Å². The van der Waals surface area contributed by atoms with Crippen molar-refractivity contribution in [3.05, 3.63) is 59.2 Å². The van der Waals surface area contributed by atoms with E-state index in [1.807, 2.05) is 0 Å². The molecule has 0 radical (unpaired) electrons. The quantitative estimate of drug-likeness (QED) is 0.651. The highest BCUT2D eigenvalue weighted by atomic mass is 32.2. The summed E-state index contributed by atoms with van der Waals surface area (Å²) in [6.07, 6.45) is -1.29. The maximum atomic E-state index is 14.9. The van der Waals surface area contributed by atoms with Crippen LogP contribution < -0.4 is 0 Å². The lowest BCUT2D eigenvalue weighted by molar-refractivity contribution is 0.0697. The van der Waals surface area contributed by atoms with E-state index in [1.165, 1.54) is 18.2 Å². The van der Waals surface area contributed by atoms with Gasteiger partial charge in [0.25, 0.3) is 0 Å². The van der Waals surface area contributed by atoms with Gasteiger partial charge in [0.1, 0.15) is 17.8 Å². The lowest BCUT2D eigenvalue weighted by atomic mass is 10.0. The number of nitrogens with zero attached hydrogens (tertiary/aromatic N) is 2. The maximum absolute atomic E-state index is 14.9. The number of carbonyl (C=O) groups is 1. The Morgan fingerprint density at radius 1 is 1.16 bits per heavy atom. The number of benzene rings is 2. The summed E-state index contributed by atoms with van der Waals surface area (Å²) in [7, 11) is -4.25. The first kappa shape index (κ1) is 21.3. The zero-order valence-electron chi connectivity index (χ0n) is 16.3. The highest BCUT2D eigenvalue weighted by Crippen LogP contribution is 2.32. The summed E-state index contributed by atoms with van der Waals surface area (Å²) >= 11 is 0. The Bertz CT molecular complexity index is 1300. The Hall–Kier alpha value is -2.98. The van der Waals surface area contributed by atoms with Crippen LogP contribution in [0.3, 0.4) is 0 Å². The number of aryl methyl sites for hydroxylation is 1. The van der Waals surface area contributed by atoms with Crippen LogP contribution in [0.25, 0.3) is 22.2 Å². The zero-order chi connectivity index (χ0) is 22.5. The van der Waals surface area contributed by atoms with Crippen LogP contribution in [0.1, 0.15) is 22.3 Å². The molecule has 0 bridgehead atoms. The Morgan fingerprint density at radius 2 is 1.84 bits per heavy atom. The van der Waals surface area contributed by atoms with E-state index in [1.54, 1.807) is 13.0 Å². The second-order valence-corrected chi connectivity index (χ2v) is 9.31. The van der Waals surface area contributed by atoms with Crippen molar-refractivity contribution < 1.29 is 31.5 Å². The minimum absolute atomic E-state index is 0.0287. The number of alkyl halides is 1. The number of rotatable bonds is 4. The molecule has 0 spiro atoms. The topological polar surface area (TPSA) is 87.6 Å². The molecule has 2 aromatic carbocycles. The summed E-state index contributed by atoms with van der Waals surface area (Å²) in [5, 5.41) is 9.78. The molecule has 4 rings (SSSR count). The van der Waals surface area contributed by atoms with Crippen molar-refractivity contribution in [3.63, 3.8) is 0 Å². The van der Waals surface area contributed by atoms with Crippen molar-refractivity contribution in [1.29, 1.82) is 0 Å². The Morgan fingerprint density at radius 3 is 2.42 bits per heavy atom. The number of aromatic nitrogens is 1. The number of sulfonamides is 1. The van der Waals surface area contributed by atoms with Crippen LogP contribution in [-0.2, 0) is 10.0 Å². The van der Waals surface area contributed by atoms with E-state index >= 15 is 0 Å². The monoisotopic (exact) mass is 450 g/mol. The molecule has 6 nitrogen and oxygen atoms in total. The summed E-state index contributed by atoms with van der Waals surface area (Å²) in [6.45, 7) is 1.26. The molecule has 1 N–H and O–H groups in total. The first-order chi connectivity index (χ1) is 14.6. The molecule has 0 saturated carbocycles. The number of carboxylic acid groups (broad SMARTS) is 1. The third kappa shape index (κ3) is 3.77. The minimum Gasteiger partial charge on any atom is -0.478 e. The van der Waals surface area contributed by atoms with Gasteiger partial charge in [-0.25, -0.2) is 31.4 Å². The van der Waals surface area contributed by atoms with Crippen LogP contribution in [0, 0.1) is 18.6 Å². The molecular formula is C21H17F3N2O4S. The second kappa shape index (κ2) is 7.61. The number of pyridine rings is 1. The van der Waals surface area contributed by atoms with Crippen molar-refractivity contribution in [2.75, 3.05) is 13.1 Å². The first-order valence-corrected chi connectivity index (χ1v) is 10.8. The highest BCUT2D eigenvalue weighted by molar-refractivity contribution is 7.89. The molecule has 2 heterocycles. The van der Waals surface area contributed by atoms with Crippen molar-refractivity contribution >= 4 is 26.9 Å². The fraction of sp³-hybridized carbons (Fsp3) is 0.238. The summed E-state index contributed by atoms with van der Waals surface area (Å²) < 4.78 is 69.3. The lowest BCUT2D eigenvalue weighted by Crippen LogP contribution is -2.29. The highest BCUT2D eigenvalue weighted by Gasteiger charge is 2.33. The third-order valence-electron chi connectivity index (χ3n) is 5.27. The molecule has 31 heavy (non-hydrogen) atoms. The molecule has 0 aliphatic carbocycles. The Balaban J connectivity index is 1.82. The van der Waals surface area contributed by atoms with E-state index in [2.05, 4.69) is 4.98 Å². The molecule has 3 aromatic rings. The third-order valence-corrected chi connectivity index (χ3v) is 7.11. The molecule has 0 unspecified atom stereocenters. The Kier molecular flexibility index (Phi) is 5.22. The van der Waals surface area contributed by atoms with Crippen LogP contribution in [0.4, 0.5) is 13.2 Å². The molecule has 1 fully saturated rings. The van der Waals surface area contributed by atoms with Gasteiger partial charge in [-0.15, -0.1) is 0 Å². The van der Waals surface area contributed by atoms with Crippen LogP contribution in [0.15, 0.2) is 41.3 Å². The van der Waals surface area contributed by atoms with Gasteiger partial charge in [0, 0.05) is 18.5 Å². The van der Waals surface area contributed by atoms with Crippen LogP contribution in [0.5, 0.6) is 0 Å². The molecule has 1 atom stereocenters. The maximum Gasteiger partial charge on any atom is 0.335 e. The molecule has 1 aromatic heterocycles. The SMILES string of the molecule is Cc1cc(-c2c(F)cc(S(=O)(=O)N3CC[C@H](F)C3)cc2F)nc2cc(C(=O)O)ccc12. The molecule has 1 saturated heterocycles. The predicted octanol–water partition coefficient (Wildman–Crippen LogP) is 3.92. The average Bonchev–Trinajstić information content (AvgIpc) is 3.14.